The van der Waals surface area contributed by atoms with Crippen LogP contribution in [0.3, 0.4) is 0 Å². The van der Waals surface area contributed by atoms with Crippen LogP contribution >= 0.6 is 0 Å². The summed E-state index contributed by atoms with van der Waals surface area (Å²) < 4.78 is 5.94. The summed E-state index contributed by atoms with van der Waals surface area (Å²) in [5.74, 6) is 1.10. The van der Waals surface area contributed by atoms with Crippen molar-refractivity contribution in [3.63, 3.8) is 0 Å². The summed E-state index contributed by atoms with van der Waals surface area (Å²) in [6.45, 7) is 5.76. The average Bonchev–Trinajstić information content (AvgIpc) is 2.76. The quantitative estimate of drug-likeness (QED) is 0.595. The number of ether oxygens (including phenoxy) is 1. The Morgan fingerprint density at radius 3 is 2.80 bits per heavy atom. The lowest BCUT2D eigenvalue weighted by Gasteiger charge is -2.26. The average molecular weight is 410 g/mol. The van der Waals surface area contributed by atoms with Gasteiger partial charge in [0, 0.05) is 50.6 Å². The maximum atomic E-state index is 12.6. The van der Waals surface area contributed by atoms with Crippen LogP contribution in [0.25, 0.3) is 0 Å². The molecule has 6 heteroatoms. The summed E-state index contributed by atoms with van der Waals surface area (Å²) in [5.41, 5.74) is 3.23. The first-order chi connectivity index (χ1) is 14.5. The second-order valence-corrected chi connectivity index (χ2v) is 8.04. The Kier molecular flexibility index (Phi) is 7.44. The highest BCUT2D eigenvalue weighted by molar-refractivity contribution is 5.95. The zero-order valence-electron chi connectivity index (χ0n) is 18.1. The monoisotopic (exact) mass is 409 g/mol. The van der Waals surface area contributed by atoms with Crippen molar-refractivity contribution in [1.82, 2.24) is 9.88 Å². The molecule has 2 heterocycles. The minimum absolute atomic E-state index is 0.0276. The van der Waals surface area contributed by atoms with Crippen molar-refractivity contribution >= 4 is 17.5 Å². The van der Waals surface area contributed by atoms with E-state index in [1.807, 2.05) is 62.3 Å². The van der Waals surface area contributed by atoms with Gasteiger partial charge in [-0.05, 0) is 54.7 Å². The van der Waals surface area contributed by atoms with E-state index < -0.39 is 0 Å². The van der Waals surface area contributed by atoms with Gasteiger partial charge >= 0.3 is 0 Å². The third kappa shape index (κ3) is 5.59. The summed E-state index contributed by atoms with van der Waals surface area (Å²) in [6.07, 6.45) is 6.46. The number of rotatable bonds is 9. The highest BCUT2D eigenvalue weighted by Gasteiger charge is 2.21. The Labute approximate surface area is 178 Å². The number of pyridine rings is 1. The molecule has 0 saturated heterocycles. The number of anilines is 1. The van der Waals surface area contributed by atoms with Crippen LogP contribution in [0.15, 0.2) is 42.7 Å². The molecule has 1 aliphatic rings. The van der Waals surface area contributed by atoms with Gasteiger partial charge in [0.25, 0.3) is 0 Å². The Morgan fingerprint density at radius 1 is 1.23 bits per heavy atom. The van der Waals surface area contributed by atoms with Crippen LogP contribution in [-0.2, 0) is 22.4 Å². The summed E-state index contributed by atoms with van der Waals surface area (Å²) in [6, 6.07) is 9.84. The van der Waals surface area contributed by atoms with Crippen LogP contribution in [0.2, 0.25) is 0 Å². The number of aryl methyl sites for hydroxylation is 1. The number of aromatic nitrogens is 1. The zero-order valence-corrected chi connectivity index (χ0v) is 18.1. The van der Waals surface area contributed by atoms with Gasteiger partial charge in [0.2, 0.25) is 11.8 Å². The van der Waals surface area contributed by atoms with Crippen LogP contribution < -0.4 is 9.64 Å². The normalized spacial score (nSPS) is 13.3. The first kappa shape index (κ1) is 21.8. The highest BCUT2D eigenvalue weighted by Crippen LogP contribution is 2.30. The maximum Gasteiger partial charge on any atom is 0.227 e. The molecule has 2 amide bonds. The summed E-state index contributed by atoms with van der Waals surface area (Å²) in [4.78, 5) is 32.2. The minimum Gasteiger partial charge on any atom is -0.494 e. The molecule has 0 saturated carbocycles. The smallest absolute Gasteiger partial charge is 0.227 e. The van der Waals surface area contributed by atoms with Crippen LogP contribution in [0, 0.1) is 5.92 Å². The van der Waals surface area contributed by atoms with E-state index in [4.69, 9.17) is 4.74 Å². The van der Waals surface area contributed by atoms with Crippen molar-refractivity contribution in [1.29, 1.82) is 0 Å². The number of carbonyl (C=O) groups excluding carboxylic acids is 2. The third-order valence-corrected chi connectivity index (χ3v) is 5.43. The number of carbonyl (C=O) groups is 2. The van der Waals surface area contributed by atoms with Crippen LogP contribution in [0.4, 0.5) is 5.69 Å². The Hall–Kier alpha value is -2.89. The maximum absolute atomic E-state index is 12.6. The fraction of sp³-hybridized carbons (Fsp3) is 0.458. The predicted octanol–water partition coefficient (Wildman–Crippen LogP) is 3.49. The molecule has 0 aliphatic carbocycles. The molecule has 0 atom stereocenters. The number of hydrogen-bond acceptors (Lipinski definition) is 4. The van der Waals surface area contributed by atoms with E-state index in [2.05, 4.69) is 4.98 Å². The van der Waals surface area contributed by atoms with Crippen molar-refractivity contribution in [3.05, 3.63) is 53.9 Å². The second-order valence-electron chi connectivity index (χ2n) is 8.04. The van der Waals surface area contributed by atoms with Crippen molar-refractivity contribution in [2.24, 2.45) is 5.92 Å². The van der Waals surface area contributed by atoms with Crippen LogP contribution in [0.5, 0.6) is 5.75 Å². The number of hydrogen-bond donors (Lipinski definition) is 0. The van der Waals surface area contributed by atoms with Gasteiger partial charge in [0.15, 0.2) is 0 Å². The second kappa shape index (κ2) is 10.2. The van der Waals surface area contributed by atoms with Gasteiger partial charge in [0.05, 0.1) is 6.61 Å². The molecule has 6 nitrogen and oxygen atoms in total. The molecule has 0 spiro atoms. The van der Waals surface area contributed by atoms with Gasteiger partial charge in [-0.25, -0.2) is 0 Å². The first-order valence-electron chi connectivity index (χ1n) is 10.7. The van der Waals surface area contributed by atoms with Gasteiger partial charge in [-0.2, -0.15) is 0 Å². The Bertz CT molecular complexity index is 867. The highest BCUT2D eigenvalue weighted by atomic mass is 16.5. The third-order valence-electron chi connectivity index (χ3n) is 5.43. The lowest BCUT2D eigenvalue weighted by Crippen LogP contribution is -2.37. The van der Waals surface area contributed by atoms with E-state index in [9.17, 15) is 9.59 Å². The minimum atomic E-state index is -0.0276. The Balaban J connectivity index is 1.51. The van der Waals surface area contributed by atoms with Crippen molar-refractivity contribution in [3.8, 4) is 5.75 Å². The van der Waals surface area contributed by atoms with Crippen molar-refractivity contribution in [2.45, 2.75) is 39.5 Å². The van der Waals surface area contributed by atoms with Crippen molar-refractivity contribution < 1.29 is 14.3 Å². The SMILES string of the molecule is CC(C)C(=O)N(CCCOc1ccc2c(c1)CCC(=O)N2C)CCc1cccnc1. The summed E-state index contributed by atoms with van der Waals surface area (Å²) in [5, 5.41) is 0. The molecule has 1 aromatic carbocycles. The molecule has 2 aromatic rings. The summed E-state index contributed by atoms with van der Waals surface area (Å²) in [7, 11) is 1.81. The molecular weight excluding hydrogens is 378 g/mol. The molecule has 0 N–H and O–H groups in total. The van der Waals surface area contributed by atoms with Gasteiger partial charge in [0.1, 0.15) is 5.75 Å². The van der Waals surface area contributed by atoms with Gasteiger partial charge in [-0.15, -0.1) is 0 Å². The number of nitrogens with zero attached hydrogens (tertiary/aromatic N) is 3. The number of fused-ring (bicyclic) bond motifs is 1. The van der Waals surface area contributed by atoms with Crippen LogP contribution in [-0.4, -0.2) is 48.4 Å². The lowest BCUT2D eigenvalue weighted by molar-refractivity contribution is -0.134. The number of benzene rings is 1. The summed E-state index contributed by atoms with van der Waals surface area (Å²) >= 11 is 0. The van der Waals surface area contributed by atoms with E-state index >= 15 is 0 Å². The molecule has 1 aliphatic heterocycles. The van der Waals surface area contributed by atoms with Crippen molar-refractivity contribution in [2.75, 3.05) is 31.6 Å². The van der Waals surface area contributed by atoms with E-state index in [0.29, 0.717) is 26.1 Å². The molecule has 0 fully saturated rings. The predicted molar refractivity (Wildman–Crippen MR) is 118 cm³/mol. The molecular formula is C24H31N3O3. The van der Waals surface area contributed by atoms with Gasteiger partial charge in [-0.3, -0.25) is 14.6 Å². The fourth-order valence-electron chi connectivity index (χ4n) is 3.68. The van der Waals surface area contributed by atoms with Gasteiger partial charge < -0.3 is 14.5 Å². The molecule has 0 bridgehead atoms. The molecule has 160 valence electrons. The van der Waals surface area contributed by atoms with Crippen LogP contribution in [0.1, 0.15) is 37.8 Å². The molecule has 1 aromatic heterocycles. The Morgan fingerprint density at radius 2 is 2.07 bits per heavy atom. The number of amides is 2. The van der Waals surface area contributed by atoms with Gasteiger partial charge in [-0.1, -0.05) is 19.9 Å². The zero-order chi connectivity index (χ0) is 21.5. The van der Waals surface area contributed by atoms with E-state index in [1.54, 1.807) is 11.1 Å². The molecule has 30 heavy (non-hydrogen) atoms. The van der Waals surface area contributed by atoms with E-state index in [1.165, 1.54) is 0 Å². The lowest BCUT2D eigenvalue weighted by atomic mass is 10.0. The fourth-order valence-corrected chi connectivity index (χ4v) is 3.68. The van der Waals surface area contributed by atoms with E-state index in [0.717, 1.165) is 41.8 Å². The van der Waals surface area contributed by atoms with E-state index in [-0.39, 0.29) is 17.7 Å². The largest absolute Gasteiger partial charge is 0.494 e. The standard InChI is InChI=1S/C24H31N3O3/c1-18(2)24(29)27(14-11-19-6-4-12-25-17-19)13-5-15-30-21-8-9-22-20(16-21)7-10-23(28)26(22)3/h4,6,8-9,12,16-18H,5,7,10-11,13-15H2,1-3H3. The topological polar surface area (TPSA) is 62.7 Å². The first-order valence-corrected chi connectivity index (χ1v) is 10.7. The molecule has 3 rings (SSSR count). The molecule has 0 unspecified atom stereocenters. The molecule has 0 radical (unpaired) electrons.